The van der Waals surface area contributed by atoms with E-state index in [0.29, 0.717) is 11.9 Å². The van der Waals surface area contributed by atoms with Gasteiger partial charge in [0.15, 0.2) is 0 Å². The van der Waals surface area contributed by atoms with Crippen LogP contribution in [-0.4, -0.2) is 50.1 Å². The monoisotopic (exact) mass is 253 g/mol. The SMILES string of the molecule is CCCC1(C(=O)NC2CCN(C)C2)CCNCC1. The maximum atomic E-state index is 12.6. The summed E-state index contributed by atoms with van der Waals surface area (Å²) in [4.78, 5) is 14.9. The number of likely N-dealkylation sites (N-methyl/N-ethyl adjacent to an activating group) is 1. The van der Waals surface area contributed by atoms with Gasteiger partial charge in [-0.25, -0.2) is 0 Å². The van der Waals surface area contributed by atoms with Crippen molar-refractivity contribution in [1.29, 1.82) is 0 Å². The fourth-order valence-electron chi connectivity index (χ4n) is 3.37. The molecule has 1 unspecified atom stereocenters. The van der Waals surface area contributed by atoms with Crippen molar-refractivity contribution in [3.63, 3.8) is 0 Å². The standard InChI is InChI=1S/C14H27N3O/c1-3-5-14(6-8-15-9-7-14)13(18)16-12-4-10-17(2)11-12/h12,15H,3-11H2,1-2H3,(H,16,18). The fourth-order valence-corrected chi connectivity index (χ4v) is 3.37. The Kier molecular flexibility index (Phi) is 4.62. The minimum atomic E-state index is -0.0961. The Morgan fingerprint density at radius 2 is 2.17 bits per heavy atom. The summed E-state index contributed by atoms with van der Waals surface area (Å²) >= 11 is 0. The third-order valence-electron chi connectivity index (χ3n) is 4.50. The van der Waals surface area contributed by atoms with Crippen molar-refractivity contribution in [3.8, 4) is 0 Å². The van der Waals surface area contributed by atoms with Crippen LogP contribution < -0.4 is 10.6 Å². The van der Waals surface area contributed by atoms with E-state index in [1.54, 1.807) is 0 Å². The lowest BCUT2D eigenvalue weighted by Gasteiger charge is -2.37. The summed E-state index contributed by atoms with van der Waals surface area (Å²) in [6, 6.07) is 0.367. The quantitative estimate of drug-likeness (QED) is 0.785. The molecule has 1 atom stereocenters. The lowest BCUT2D eigenvalue weighted by molar-refractivity contribution is -0.133. The van der Waals surface area contributed by atoms with E-state index in [2.05, 4.69) is 29.5 Å². The van der Waals surface area contributed by atoms with Gasteiger partial charge in [-0.05, 0) is 52.4 Å². The van der Waals surface area contributed by atoms with Gasteiger partial charge in [-0.15, -0.1) is 0 Å². The number of rotatable bonds is 4. The van der Waals surface area contributed by atoms with Crippen LogP contribution in [0.1, 0.15) is 39.0 Å². The molecule has 2 N–H and O–H groups in total. The number of likely N-dealkylation sites (tertiary alicyclic amines) is 1. The molecular weight excluding hydrogens is 226 g/mol. The van der Waals surface area contributed by atoms with Crippen molar-refractivity contribution in [2.45, 2.75) is 45.1 Å². The van der Waals surface area contributed by atoms with Crippen molar-refractivity contribution in [3.05, 3.63) is 0 Å². The maximum absolute atomic E-state index is 12.6. The highest BCUT2D eigenvalue weighted by Gasteiger charge is 2.39. The van der Waals surface area contributed by atoms with E-state index >= 15 is 0 Å². The van der Waals surface area contributed by atoms with Crippen LogP contribution in [0.4, 0.5) is 0 Å². The van der Waals surface area contributed by atoms with E-state index in [1.807, 2.05) is 0 Å². The molecule has 0 spiro atoms. The average Bonchev–Trinajstić information content (AvgIpc) is 2.76. The van der Waals surface area contributed by atoms with Crippen molar-refractivity contribution < 1.29 is 4.79 Å². The Morgan fingerprint density at radius 1 is 1.44 bits per heavy atom. The normalized spacial score (nSPS) is 28.2. The Morgan fingerprint density at radius 3 is 2.72 bits per heavy atom. The van der Waals surface area contributed by atoms with E-state index in [1.165, 1.54) is 0 Å². The third kappa shape index (κ3) is 3.04. The predicted molar refractivity (Wildman–Crippen MR) is 73.5 cm³/mol. The van der Waals surface area contributed by atoms with E-state index in [0.717, 1.165) is 58.3 Å². The van der Waals surface area contributed by atoms with E-state index in [9.17, 15) is 4.79 Å². The number of amides is 1. The molecule has 0 aromatic rings. The Bertz CT molecular complexity index is 281. The topological polar surface area (TPSA) is 44.4 Å². The van der Waals surface area contributed by atoms with Gasteiger partial charge in [-0.3, -0.25) is 4.79 Å². The fraction of sp³-hybridized carbons (Fsp3) is 0.929. The molecule has 0 radical (unpaired) electrons. The van der Waals surface area contributed by atoms with Gasteiger partial charge in [-0.2, -0.15) is 0 Å². The lowest BCUT2D eigenvalue weighted by atomic mass is 9.74. The highest BCUT2D eigenvalue weighted by Crippen LogP contribution is 2.34. The van der Waals surface area contributed by atoms with Crippen molar-refractivity contribution in [1.82, 2.24) is 15.5 Å². The third-order valence-corrected chi connectivity index (χ3v) is 4.50. The van der Waals surface area contributed by atoms with Gasteiger partial charge in [-0.1, -0.05) is 13.3 Å². The molecular formula is C14H27N3O. The first kappa shape index (κ1) is 13.8. The van der Waals surface area contributed by atoms with Gasteiger partial charge < -0.3 is 15.5 Å². The molecule has 2 heterocycles. The summed E-state index contributed by atoms with van der Waals surface area (Å²) in [7, 11) is 2.12. The van der Waals surface area contributed by atoms with Crippen LogP contribution in [0.25, 0.3) is 0 Å². The minimum Gasteiger partial charge on any atom is -0.352 e. The summed E-state index contributed by atoms with van der Waals surface area (Å²) in [5.41, 5.74) is -0.0961. The lowest BCUT2D eigenvalue weighted by Crippen LogP contribution is -2.50. The van der Waals surface area contributed by atoms with Crippen molar-refractivity contribution >= 4 is 5.91 Å². The zero-order valence-electron chi connectivity index (χ0n) is 11.8. The summed E-state index contributed by atoms with van der Waals surface area (Å²) in [6.07, 6.45) is 5.22. The van der Waals surface area contributed by atoms with Crippen molar-refractivity contribution in [2.75, 3.05) is 33.2 Å². The highest BCUT2D eigenvalue weighted by atomic mass is 16.2. The van der Waals surface area contributed by atoms with Crippen LogP contribution >= 0.6 is 0 Å². The Balaban J connectivity index is 1.95. The molecule has 2 aliphatic rings. The molecule has 2 fully saturated rings. The molecule has 2 saturated heterocycles. The summed E-state index contributed by atoms with van der Waals surface area (Å²) in [5.74, 6) is 0.311. The first-order valence-corrected chi connectivity index (χ1v) is 7.36. The van der Waals surface area contributed by atoms with Crippen molar-refractivity contribution in [2.24, 2.45) is 5.41 Å². The molecule has 104 valence electrons. The number of carbonyl (C=O) groups excluding carboxylic acids is 1. The molecule has 2 rings (SSSR count). The van der Waals surface area contributed by atoms with Gasteiger partial charge in [0.25, 0.3) is 0 Å². The molecule has 0 aromatic heterocycles. The largest absolute Gasteiger partial charge is 0.352 e. The zero-order valence-corrected chi connectivity index (χ0v) is 11.8. The van der Waals surface area contributed by atoms with Crippen LogP contribution in [0.15, 0.2) is 0 Å². The van der Waals surface area contributed by atoms with Crippen LogP contribution in [0.3, 0.4) is 0 Å². The van der Waals surface area contributed by atoms with Gasteiger partial charge in [0.05, 0.1) is 5.41 Å². The van der Waals surface area contributed by atoms with Gasteiger partial charge >= 0.3 is 0 Å². The van der Waals surface area contributed by atoms with Gasteiger partial charge in [0.2, 0.25) is 5.91 Å². The second-order valence-corrected chi connectivity index (χ2v) is 6.00. The average molecular weight is 253 g/mol. The minimum absolute atomic E-state index is 0.0961. The number of hydrogen-bond donors (Lipinski definition) is 2. The predicted octanol–water partition coefficient (Wildman–Crippen LogP) is 0.977. The Labute approximate surface area is 110 Å². The summed E-state index contributed by atoms with van der Waals surface area (Å²) in [5, 5.41) is 6.66. The number of piperidine rings is 1. The van der Waals surface area contributed by atoms with Gasteiger partial charge in [0, 0.05) is 12.6 Å². The molecule has 0 bridgehead atoms. The van der Waals surface area contributed by atoms with E-state index in [-0.39, 0.29) is 5.41 Å². The Hall–Kier alpha value is -0.610. The molecule has 18 heavy (non-hydrogen) atoms. The second-order valence-electron chi connectivity index (χ2n) is 6.00. The molecule has 4 nitrogen and oxygen atoms in total. The first-order valence-electron chi connectivity index (χ1n) is 7.36. The van der Waals surface area contributed by atoms with E-state index < -0.39 is 0 Å². The zero-order chi connectivity index (χ0) is 13.0. The highest BCUT2D eigenvalue weighted by molar-refractivity contribution is 5.83. The molecule has 4 heteroatoms. The van der Waals surface area contributed by atoms with Crippen LogP contribution in [0.5, 0.6) is 0 Å². The molecule has 0 saturated carbocycles. The molecule has 1 amide bonds. The van der Waals surface area contributed by atoms with Gasteiger partial charge in [0.1, 0.15) is 0 Å². The van der Waals surface area contributed by atoms with Crippen LogP contribution in [0, 0.1) is 5.41 Å². The summed E-state index contributed by atoms with van der Waals surface area (Å²) in [6.45, 7) is 6.26. The number of nitrogens with one attached hydrogen (secondary N) is 2. The van der Waals surface area contributed by atoms with Crippen LogP contribution in [0.2, 0.25) is 0 Å². The number of hydrogen-bond acceptors (Lipinski definition) is 3. The molecule has 0 aromatic carbocycles. The smallest absolute Gasteiger partial charge is 0.226 e. The summed E-state index contributed by atoms with van der Waals surface area (Å²) < 4.78 is 0. The second kappa shape index (κ2) is 6.02. The van der Waals surface area contributed by atoms with E-state index in [4.69, 9.17) is 0 Å². The first-order chi connectivity index (χ1) is 8.66. The number of nitrogens with zero attached hydrogens (tertiary/aromatic N) is 1. The maximum Gasteiger partial charge on any atom is 0.226 e. The molecule has 0 aliphatic carbocycles. The molecule has 2 aliphatic heterocycles. The van der Waals surface area contributed by atoms with Crippen LogP contribution in [-0.2, 0) is 4.79 Å². The number of carbonyl (C=O) groups is 1.